The van der Waals surface area contributed by atoms with Crippen molar-refractivity contribution in [3.05, 3.63) is 35.9 Å². The number of H-pyrrole nitrogens is 1. The van der Waals surface area contributed by atoms with Crippen molar-refractivity contribution < 1.29 is 13.5 Å². The molecule has 20 heavy (non-hydrogen) atoms. The number of aliphatic hydroxyl groups is 1. The number of aliphatic hydroxyl groups excluding tert-OH is 1. The summed E-state index contributed by atoms with van der Waals surface area (Å²) in [6.45, 7) is 3.82. The SMILES string of the molecule is CC(C)n1cc(S(=O)(=O)NCc2cn[nH]c2)cc1CO. The Bertz CT molecular complexity index is 659. The summed E-state index contributed by atoms with van der Waals surface area (Å²) in [5.74, 6) is 0. The van der Waals surface area contributed by atoms with Crippen LogP contribution in [-0.2, 0) is 23.2 Å². The molecule has 0 unspecified atom stereocenters. The first-order valence-corrected chi connectivity index (χ1v) is 7.71. The van der Waals surface area contributed by atoms with Crippen LogP contribution < -0.4 is 4.72 Å². The third-order valence-electron chi connectivity index (χ3n) is 2.96. The molecule has 0 aliphatic rings. The second kappa shape index (κ2) is 5.78. The monoisotopic (exact) mass is 298 g/mol. The van der Waals surface area contributed by atoms with Crippen LogP contribution in [0.1, 0.15) is 31.1 Å². The predicted octanol–water partition coefficient (Wildman–Crippen LogP) is 0.763. The number of hydrogen-bond acceptors (Lipinski definition) is 4. The van der Waals surface area contributed by atoms with Crippen molar-refractivity contribution in [3.63, 3.8) is 0 Å². The predicted molar refractivity (Wildman–Crippen MR) is 73.4 cm³/mol. The van der Waals surface area contributed by atoms with Crippen molar-refractivity contribution in [1.82, 2.24) is 19.5 Å². The first-order valence-electron chi connectivity index (χ1n) is 6.23. The minimum Gasteiger partial charge on any atom is -0.390 e. The van der Waals surface area contributed by atoms with Gasteiger partial charge < -0.3 is 9.67 Å². The molecule has 7 nitrogen and oxygen atoms in total. The van der Waals surface area contributed by atoms with Crippen molar-refractivity contribution in [2.24, 2.45) is 0 Å². The van der Waals surface area contributed by atoms with Crippen molar-refractivity contribution in [2.45, 2.75) is 37.9 Å². The van der Waals surface area contributed by atoms with Gasteiger partial charge in [-0.15, -0.1) is 0 Å². The zero-order chi connectivity index (χ0) is 14.8. The molecule has 2 rings (SSSR count). The van der Waals surface area contributed by atoms with E-state index in [0.29, 0.717) is 5.69 Å². The Labute approximate surface area is 117 Å². The Kier molecular flexibility index (Phi) is 4.26. The highest BCUT2D eigenvalue weighted by Gasteiger charge is 2.19. The van der Waals surface area contributed by atoms with E-state index in [1.807, 2.05) is 13.8 Å². The van der Waals surface area contributed by atoms with E-state index in [2.05, 4.69) is 14.9 Å². The molecule has 2 aromatic heterocycles. The molecular formula is C12H18N4O3S. The van der Waals surface area contributed by atoms with E-state index in [1.54, 1.807) is 17.0 Å². The lowest BCUT2D eigenvalue weighted by Gasteiger charge is -2.10. The van der Waals surface area contributed by atoms with Gasteiger partial charge in [0.1, 0.15) is 0 Å². The van der Waals surface area contributed by atoms with Gasteiger partial charge in [0.25, 0.3) is 0 Å². The van der Waals surface area contributed by atoms with Gasteiger partial charge in [0.15, 0.2) is 0 Å². The number of sulfonamides is 1. The summed E-state index contributed by atoms with van der Waals surface area (Å²) in [6.07, 6.45) is 4.72. The minimum atomic E-state index is -3.61. The Balaban J connectivity index is 2.21. The number of aromatic nitrogens is 3. The highest BCUT2D eigenvalue weighted by Crippen LogP contribution is 2.19. The van der Waals surface area contributed by atoms with E-state index in [4.69, 9.17) is 0 Å². The van der Waals surface area contributed by atoms with Gasteiger partial charge >= 0.3 is 0 Å². The fourth-order valence-corrected chi connectivity index (χ4v) is 2.95. The number of rotatable bonds is 6. The highest BCUT2D eigenvalue weighted by molar-refractivity contribution is 7.89. The molecule has 2 heterocycles. The molecule has 2 aromatic rings. The maximum absolute atomic E-state index is 12.2. The van der Waals surface area contributed by atoms with E-state index < -0.39 is 10.0 Å². The Morgan fingerprint density at radius 1 is 1.50 bits per heavy atom. The third kappa shape index (κ3) is 3.09. The second-order valence-corrected chi connectivity index (χ2v) is 6.52. The van der Waals surface area contributed by atoms with Gasteiger partial charge in [-0.1, -0.05) is 0 Å². The number of nitrogens with one attached hydrogen (secondary N) is 2. The fourth-order valence-electron chi connectivity index (χ4n) is 1.89. The molecule has 0 aliphatic heterocycles. The van der Waals surface area contributed by atoms with Crippen molar-refractivity contribution >= 4 is 10.0 Å². The Morgan fingerprint density at radius 3 is 2.75 bits per heavy atom. The molecule has 0 aromatic carbocycles. The summed E-state index contributed by atoms with van der Waals surface area (Å²) in [4.78, 5) is 0.152. The molecule has 8 heteroatoms. The van der Waals surface area contributed by atoms with Crippen LogP contribution in [0.25, 0.3) is 0 Å². The first kappa shape index (κ1) is 14.8. The van der Waals surface area contributed by atoms with Crippen LogP contribution in [0.5, 0.6) is 0 Å². The Hall–Kier alpha value is -1.64. The van der Waals surface area contributed by atoms with Crippen molar-refractivity contribution in [1.29, 1.82) is 0 Å². The second-order valence-electron chi connectivity index (χ2n) is 4.76. The molecule has 0 bridgehead atoms. The van der Waals surface area contributed by atoms with Crippen LogP contribution in [-0.4, -0.2) is 28.3 Å². The lowest BCUT2D eigenvalue weighted by molar-refractivity contribution is 0.268. The molecule has 0 radical (unpaired) electrons. The van der Waals surface area contributed by atoms with Gasteiger partial charge in [-0.3, -0.25) is 5.10 Å². The molecule has 0 spiro atoms. The standard InChI is InChI=1S/C12H18N4O3S/c1-9(2)16-7-12(3-11(16)8-17)20(18,19)15-6-10-4-13-14-5-10/h3-5,7,9,15,17H,6,8H2,1-2H3,(H,13,14). The molecule has 0 fully saturated rings. The average molecular weight is 298 g/mol. The molecule has 110 valence electrons. The molecule has 0 atom stereocenters. The topological polar surface area (TPSA) is 100 Å². The van der Waals surface area contributed by atoms with E-state index >= 15 is 0 Å². The summed E-state index contributed by atoms with van der Waals surface area (Å²) in [5.41, 5.74) is 1.32. The Morgan fingerprint density at radius 2 is 2.25 bits per heavy atom. The maximum Gasteiger partial charge on any atom is 0.242 e. The molecule has 0 saturated heterocycles. The number of nitrogens with zero attached hydrogens (tertiary/aromatic N) is 2. The van der Waals surface area contributed by atoms with Crippen LogP contribution in [0.4, 0.5) is 0 Å². The van der Waals surface area contributed by atoms with Gasteiger partial charge in [-0.2, -0.15) is 5.10 Å². The van der Waals surface area contributed by atoms with Crippen LogP contribution >= 0.6 is 0 Å². The van der Waals surface area contributed by atoms with Gasteiger partial charge in [0.2, 0.25) is 10.0 Å². The minimum absolute atomic E-state index is 0.0787. The van der Waals surface area contributed by atoms with E-state index in [-0.39, 0.29) is 24.1 Å². The summed E-state index contributed by atoms with van der Waals surface area (Å²) in [6, 6.07) is 1.56. The van der Waals surface area contributed by atoms with Gasteiger partial charge in [-0.05, 0) is 19.9 Å². The molecular weight excluding hydrogens is 280 g/mol. The van der Waals surface area contributed by atoms with Gasteiger partial charge in [0.05, 0.1) is 17.7 Å². The summed E-state index contributed by atoms with van der Waals surface area (Å²) < 4.78 is 28.6. The first-order chi connectivity index (χ1) is 9.44. The summed E-state index contributed by atoms with van der Waals surface area (Å²) in [5, 5.41) is 15.7. The van der Waals surface area contributed by atoms with Crippen LogP contribution in [0.3, 0.4) is 0 Å². The number of aromatic amines is 1. The lowest BCUT2D eigenvalue weighted by Crippen LogP contribution is -2.22. The average Bonchev–Trinajstić information content (AvgIpc) is 3.05. The van der Waals surface area contributed by atoms with Crippen molar-refractivity contribution in [3.8, 4) is 0 Å². The smallest absolute Gasteiger partial charge is 0.242 e. The lowest BCUT2D eigenvalue weighted by atomic mass is 10.3. The van der Waals surface area contributed by atoms with E-state index in [0.717, 1.165) is 5.56 Å². The van der Waals surface area contributed by atoms with Crippen molar-refractivity contribution in [2.75, 3.05) is 0 Å². The molecule has 0 aliphatic carbocycles. The van der Waals surface area contributed by atoms with Crippen LogP contribution in [0, 0.1) is 0 Å². The van der Waals surface area contributed by atoms with Crippen LogP contribution in [0.2, 0.25) is 0 Å². The zero-order valence-electron chi connectivity index (χ0n) is 11.4. The highest BCUT2D eigenvalue weighted by atomic mass is 32.2. The summed E-state index contributed by atoms with van der Waals surface area (Å²) >= 11 is 0. The summed E-state index contributed by atoms with van der Waals surface area (Å²) in [7, 11) is -3.61. The molecule has 0 saturated carbocycles. The maximum atomic E-state index is 12.2. The van der Waals surface area contributed by atoms with Gasteiger partial charge in [-0.25, -0.2) is 13.1 Å². The molecule has 3 N–H and O–H groups in total. The quantitative estimate of drug-likeness (QED) is 0.733. The van der Waals surface area contributed by atoms with E-state index in [9.17, 15) is 13.5 Å². The zero-order valence-corrected chi connectivity index (χ0v) is 12.2. The molecule has 0 amide bonds. The fraction of sp³-hybridized carbons (Fsp3) is 0.417. The number of hydrogen-bond donors (Lipinski definition) is 3. The van der Waals surface area contributed by atoms with Crippen LogP contribution in [0.15, 0.2) is 29.6 Å². The largest absolute Gasteiger partial charge is 0.390 e. The normalized spacial score (nSPS) is 12.2. The van der Waals surface area contributed by atoms with Gasteiger partial charge in [0, 0.05) is 36.2 Å². The third-order valence-corrected chi connectivity index (χ3v) is 4.32. The van der Waals surface area contributed by atoms with E-state index in [1.165, 1.54) is 12.3 Å².